The molecule has 1 saturated carbocycles. The molecule has 2 N–H and O–H groups in total. The van der Waals surface area contributed by atoms with E-state index < -0.39 is 0 Å². The molecule has 0 aliphatic heterocycles. The molecule has 0 amide bonds. The maximum absolute atomic E-state index is 5.59. The molecule has 2 nitrogen and oxygen atoms in total. The summed E-state index contributed by atoms with van der Waals surface area (Å²) in [6.07, 6.45) is 5.28. The van der Waals surface area contributed by atoms with Gasteiger partial charge >= 0.3 is 0 Å². The van der Waals surface area contributed by atoms with Crippen LogP contribution in [0.4, 0.5) is 0 Å². The quantitative estimate of drug-likeness (QED) is 0.654. The molecule has 0 aromatic heterocycles. The van der Waals surface area contributed by atoms with Gasteiger partial charge in [0.05, 0.1) is 0 Å². The van der Waals surface area contributed by atoms with Gasteiger partial charge in [-0.1, -0.05) is 6.92 Å². The summed E-state index contributed by atoms with van der Waals surface area (Å²) < 4.78 is 0. The molecule has 0 atom stereocenters. The third kappa shape index (κ3) is 2.76. The topological polar surface area (TPSA) is 29.3 Å². The molecule has 0 heterocycles. The molecule has 72 valence electrons. The molecule has 0 radical (unpaired) electrons. The Morgan fingerprint density at radius 3 is 2.50 bits per heavy atom. The first-order valence-electron chi connectivity index (χ1n) is 5.11. The van der Waals surface area contributed by atoms with Crippen molar-refractivity contribution in [2.75, 3.05) is 26.7 Å². The lowest BCUT2D eigenvalue weighted by molar-refractivity contribution is 0.255. The van der Waals surface area contributed by atoms with E-state index in [1.807, 2.05) is 0 Å². The van der Waals surface area contributed by atoms with Gasteiger partial charge in [-0.15, -0.1) is 0 Å². The average molecular weight is 170 g/mol. The van der Waals surface area contributed by atoms with E-state index >= 15 is 0 Å². The first kappa shape index (κ1) is 10.0. The second kappa shape index (κ2) is 4.24. The summed E-state index contributed by atoms with van der Waals surface area (Å²) in [5, 5.41) is 0. The molecule has 0 unspecified atom stereocenters. The zero-order valence-electron chi connectivity index (χ0n) is 8.47. The van der Waals surface area contributed by atoms with Crippen molar-refractivity contribution in [1.29, 1.82) is 0 Å². The van der Waals surface area contributed by atoms with Crippen LogP contribution in [0.15, 0.2) is 0 Å². The van der Waals surface area contributed by atoms with Gasteiger partial charge in [-0.2, -0.15) is 0 Å². The summed E-state index contributed by atoms with van der Waals surface area (Å²) in [6.45, 7) is 5.59. The molecule has 0 aromatic carbocycles. The minimum atomic E-state index is 0.624. The smallest absolute Gasteiger partial charge is 0.00354 e. The van der Waals surface area contributed by atoms with Crippen LogP contribution in [-0.2, 0) is 0 Å². The van der Waals surface area contributed by atoms with E-state index in [4.69, 9.17) is 5.73 Å². The highest BCUT2D eigenvalue weighted by atomic mass is 15.1. The van der Waals surface area contributed by atoms with E-state index in [2.05, 4.69) is 18.9 Å². The Bertz CT molecular complexity index is 130. The van der Waals surface area contributed by atoms with E-state index in [-0.39, 0.29) is 0 Å². The van der Waals surface area contributed by atoms with Gasteiger partial charge in [0.15, 0.2) is 0 Å². The Hall–Kier alpha value is -0.0800. The van der Waals surface area contributed by atoms with Crippen LogP contribution in [-0.4, -0.2) is 31.6 Å². The molecule has 1 aliphatic rings. The molecule has 0 saturated heterocycles. The van der Waals surface area contributed by atoms with E-state index in [0.717, 1.165) is 6.54 Å². The minimum Gasteiger partial charge on any atom is -0.330 e. The van der Waals surface area contributed by atoms with Gasteiger partial charge in [-0.05, 0) is 51.2 Å². The lowest BCUT2D eigenvalue weighted by Gasteiger charge is -2.22. The van der Waals surface area contributed by atoms with Crippen molar-refractivity contribution in [3.8, 4) is 0 Å². The van der Waals surface area contributed by atoms with E-state index in [9.17, 15) is 0 Å². The Kier molecular flexibility index (Phi) is 3.53. The largest absolute Gasteiger partial charge is 0.330 e. The highest BCUT2D eigenvalue weighted by Gasteiger charge is 2.41. The Balaban J connectivity index is 2.20. The van der Waals surface area contributed by atoms with Crippen LogP contribution in [0.1, 0.15) is 32.6 Å². The second-order valence-electron chi connectivity index (χ2n) is 4.28. The molecule has 1 fully saturated rings. The molecule has 2 heteroatoms. The summed E-state index contributed by atoms with van der Waals surface area (Å²) >= 11 is 0. The molecule has 0 aromatic rings. The summed E-state index contributed by atoms with van der Waals surface area (Å²) in [5.74, 6) is 0. The fourth-order valence-electron chi connectivity index (χ4n) is 2.00. The average Bonchev–Trinajstić information content (AvgIpc) is 2.70. The monoisotopic (exact) mass is 170 g/mol. The van der Waals surface area contributed by atoms with Gasteiger partial charge in [0.25, 0.3) is 0 Å². The second-order valence-corrected chi connectivity index (χ2v) is 4.28. The summed E-state index contributed by atoms with van der Waals surface area (Å²) in [5.41, 5.74) is 6.21. The fourth-order valence-corrected chi connectivity index (χ4v) is 2.00. The highest BCUT2D eigenvalue weighted by molar-refractivity contribution is 4.95. The molecule has 1 rings (SSSR count). The maximum atomic E-state index is 5.59. The SMILES string of the molecule is CCCN(C)CC1(CCN)CC1. The Morgan fingerprint density at radius 2 is 2.08 bits per heavy atom. The van der Waals surface area contributed by atoms with Gasteiger partial charge < -0.3 is 10.6 Å². The third-order valence-corrected chi connectivity index (χ3v) is 2.84. The van der Waals surface area contributed by atoms with Crippen molar-refractivity contribution in [2.24, 2.45) is 11.1 Å². The minimum absolute atomic E-state index is 0.624. The van der Waals surface area contributed by atoms with E-state index in [1.54, 1.807) is 0 Å². The first-order chi connectivity index (χ1) is 5.72. The highest BCUT2D eigenvalue weighted by Crippen LogP contribution is 2.48. The summed E-state index contributed by atoms with van der Waals surface area (Å²) in [6, 6.07) is 0. The normalized spacial score (nSPS) is 20.0. The van der Waals surface area contributed by atoms with Crippen molar-refractivity contribution >= 4 is 0 Å². The lowest BCUT2D eigenvalue weighted by atomic mass is 10.0. The van der Waals surface area contributed by atoms with Crippen LogP contribution in [0.25, 0.3) is 0 Å². The molecular formula is C10H22N2. The number of hydrogen-bond donors (Lipinski definition) is 1. The van der Waals surface area contributed by atoms with Crippen LogP contribution in [0.2, 0.25) is 0 Å². The van der Waals surface area contributed by atoms with Crippen LogP contribution in [0.5, 0.6) is 0 Å². The van der Waals surface area contributed by atoms with Crippen LogP contribution in [0.3, 0.4) is 0 Å². The Morgan fingerprint density at radius 1 is 1.42 bits per heavy atom. The standard InChI is InChI=1S/C10H22N2/c1-3-8-12(2)9-10(4-5-10)6-7-11/h3-9,11H2,1-2H3. The number of nitrogens with two attached hydrogens (primary N) is 1. The van der Waals surface area contributed by atoms with Crippen LogP contribution >= 0.6 is 0 Å². The predicted octanol–water partition coefficient (Wildman–Crippen LogP) is 1.46. The zero-order valence-corrected chi connectivity index (χ0v) is 8.47. The third-order valence-electron chi connectivity index (χ3n) is 2.84. The van der Waals surface area contributed by atoms with Gasteiger partial charge in [0, 0.05) is 6.54 Å². The van der Waals surface area contributed by atoms with Crippen molar-refractivity contribution in [3.63, 3.8) is 0 Å². The van der Waals surface area contributed by atoms with E-state index in [1.165, 1.54) is 38.8 Å². The van der Waals surface area contributed by atoms with Gasteiger partial charge in [0.2, 0.25) is 0 Å². The lowest BCUT2D eigenvalue weighted by Crippen LogP contribution is -2.28. The van der Waals surface area contributed by atoms with Crippen LogP contribution < -0.4 is 5.73 Å². The van der Waals surface area contributed by atoms with Crippen molar-refractivity contribution < 1.29 is 0 Å². The number of hydrogen-bond acceptors (Lipinski definition) is 2. The Labute approximate surface area is 76.1 Å². The number of rotatable bonds is 6. The first-order valence-corrected chi connectivity index (χ1v) is 5.11. The van der Waals surface area contributed by atoms with E-state index in [0.29, 0.717) is 5.41 Å². The molecule has 0 spiro atoms. The molecular weight excluding hydrogens is 148 g/mol. The number of nitrogens with zero attached hydrogens (tertiary/aromatic N) is 1. The van der Waals surface area contributed by atoms with Crippen LogP contribution in [0, 0.1) is 5.41 Å². The molecule has 1 aliphatic carbocycles. The summed E-state index contributed by atoms with van der Waals surface area (Å²) in [4.78, 5) is 2.45. The fraction of sp³-hybridized carbons (Fsp3) is 1.00. The van der Waals surface area contributed by atoms with Crippen molar-refractivity contribution in [3.05, 3.63) is 0 Å². The van der Waals surface area contributed by atoms with Crippen molar-refractivity contribution in [2.45, 2.75) is 32.6 Å². The molecule has 12 heavy (non-hydrogen) atoms. The maximum Gasteiger partial charge on any atom is 0.00354 e. The van der Waals surface area contributed by atoms with Gasteiger partial charge in [0.1, 0.15) is 0 Å². The predicted molar refractivity (Wildman–Crippen MR) is 53.1 cm³/mol. The van der Waals surface area contributed by atoms with Crippen molar-refractivity contribution in [1.82, 2.24) is 4.90 Å². The summed E-state index contributed by atoms with van der Waals surface area (Å²) in [7, 11) is 2.22. The zero-order chi connectivity index (χ0) is 9.03. The van der Waals surface area contributed by atoms with Gasteiger partial charge in [-0.25, -0.2) is 0 Å². The molecule has 0 bridgehead atoms. The van der Waals surface area contributed by atoms with Gasteiger partial charge in [-0.3, -0.25) is 0 Å².